The number of carbonyl (C=O) groups is 7. The van der Waals surface area contributed by atoms with Crippen molar-refractivity contribution in [1.82, 2.24) is 45.5 Å². The lowest BCUT2D eigenvalue weighted by Crippen LogP contribution is -2.52. The number of fused-ring (bicyclic) bond motifs is 4. The Balaban J connectivity index is 0.000000183. The Kier molecular flexibility index (Phi) is 15.3. The second kappa shape index (κ2) is 21.9. The molecule has 2 atom stereocenters. The van der Waals surface area contributed by atoms with E-state index in [1.165, 1.54) is 41.3 Å². The normalized spacial score (nSPS) is 19.9. The second-order valence-corrected chi connectivity index (χ2v) is 34.6. The zero-order valence-electron chi connectivity index (χ0n) is 46.2. The molecule has 0 saturated carbocycles. The highest BCUT2D eigenvalue weighted by Crippen LogP contribution is 2.40. The first-order valence-electron chi connectivity index (χ1n) is 26.4. The minimum atomic E-state index is -1.72. The van der Waals surface area contributed by atoms with Gasteiger partial charge in [-0.1, -0.05) is 63.0 Å². The van der Waals surface area contributed by atoms with E-state index < -0.39 is 51.1 Å². The summed E-state index contributed by atoms with van der Waals surface area (Å²) in [6.45, 7) is 14.9. The van der Waals surface area contributed by atoms with Crippen molar-refractivity contribution in [3.63, 3.8) is 0 Å². The monoisotopic (exact) mass is 1160 g/mol. The SMILES string of the molecule is COc1ccc2c(c1)C(=O)N(C[C@@]1(c3cc4cc(Cl)ncc4o3)NC(=O)N(COCC[Si](C)(C)C)C1=O)C2.COc1ccc2c(c1)C(=O)N(C[C@@]1(c3cc4cc(N5CCNC5=O)ncc4o3)NC(=O)N(COCC[Si](C)(C)C)C1=O)C2. The molecule has 0 unspecified atom stereocenters. The highest BCUT2D eigenvalue weighted by Gasteiger charge is 2.58. The molecule has 23 nitrogen and oxygen atoms in total. The maximum Gasteiger partial charge on any atom is 0.327 e. The largest absolute Gasteiger partial charge is 0.497 e. The first kappa shape index (κ1) is 56.4. The van der Waals surface area contributed by atoms with Gasteiger partial charge in [-0.25, -0.2) is 34.2 Å². The lowest BCUT2D eigenvalue weighted by molar-refractivity contribution is -0.137. The Hall–Kier alpha value is -7.85. The van der Waals surface area contributed by atoms with Gasteiger partial charge in [0.15, 0.2) is 22.2 Å². The number of methoxy groups -OCH3 is 2. The van der Waals surface area contributed by atoms with Crippen LogP contribution in [0.15, 0.2) is 81.9 Å². The van der Waals surface area contributed by atoms with Crippen molar-refractivity contribution in [3.8, 4) is 11.5 Å². The summed E-state index contributed by atoms with van der Waals surface area (Å²) >= 11 is 6.06. The Morgan fingerprint density at radius 1 is 0.617 bits per heavy atom. The summed E-state index contributed by atoms with van der Waals surface area (Å²) < 4.78 is 34.3. The zero-order valence-corrected chi connectivity index (χ0v) is 49.0. The molecule has 3 saturated heterocycles. The van der Waals surface area contributed by atoms with Crippen LogP contribution in [0.5, 0.6) is 11.5 Å². The van der Waals surface area contributed by atoms with E-state index in [0.717, 1.165) is 33.0 Å². The molecule has 11 rings (SSSR count). The number of hydrogen-bond donors (Lipinski definition) is 3. The van der Waals surface area contributed by atoms with Gasteiger partial charge < -0.3 is 53.5 Å². The summed E-state index contributed by atoms with van der Waals surface area (Å²) in [5.41, 5.74) is -0.0654. The molecule has 0 aliphatic carbocycles. The van der Waals surface area contributed by atoms with E-state index in [-0.39, 0.29) is 74.2 Å². The highest BCUT2D eigenvalue weighted by atomic mass is 35.5. The lowest BCUT2D eigenvalue weighted by atomic mass is 9.95. The molecule has 4 aromatic heterocycles. The molecule has 0 spiro atoms. The summed E-state index contributed by atoms with van der Waals surface area (Å²) in [6, 6.07) is 17.4. The van der Waals surface area contributed by atoms with Gasteiger partial charge in [0.05, 0.1) is 39.7 Å². The molecule has 2 aromatic carbocycles. The molecule has 3 fully saturated rings. The van der Waals surface area contributed by atoms with Gasteiger partial charge in [-0.05, 0) is 71.7 Å². The first-order valence-corrected chi connectivity index (χ1v) is 34.2. The van der Waals surface area contributed by atoms with Gasteiger partial charge in [0, 0.05) is 77.4 Å². The average Bonchev–Trinajstić information content (AvgIpc) is 3.72. The van der Waals surface area contributed by atoms with Gasteiger partial charge in [-0.3, -0.25) is 24.1 Å². The number of furan rings is 2. The standard InChI is InChI=1S/C29H34N6O7Si.C26H29ClN4O6Si/c1-40-20-6-5-18-15-33(25(36)21(18)13-20)16-29(26(37)35(28(39)32-29)17-41-9-10-43(2,3)4)23-11-19-12-24(31-14-22(19)42-23)34-8-7-30-27(34)38;1-35-18-6-5-16-13-30(23(32)19(16)11-18)14-26(21-9-17-10-22(27)28-12-20(17)37-21)24(33)31(25(34)29-26)15-36-7-8-38(2,3)4/h5-6,11-14H,7-10,15-17H2,1-4H3,(H,30,38)(H,32,39);5-6,9-12H,7-8,13-15H2,1-4H3,(H,29,34)/t29-;26-/m00/s1. The van der Waals surface area contributed by atoms with E-state index in [2.05, 4.69) is 65.2 Å². The number of rotatable bonds is 19. The molecule has 10 amide bonds. The van der Waals surface area contributed by atoms with Crippen LogP contribution in [0.2, 0.25) is 56.5 Å². The fourth-order valence-corrected chi connectivity index (χ4v) is 11.8. The van der Waals surface area contributed by atoms with Crippen LogP contribution in [0.3, 0.4) is 0 Å². The van der Waals surface area contributed by atoms with Gasteiger partial charge >= 0.3 is 18.1 Å². The van der Waals surface area contributed by atoms with Crippen molar-refractivity contribution in [3.05, 3.63) is 112 Å². The molecule has 26 heteroatoms. The third-order valence-corrected chi connectivity index (χ3v) is 18.4. The molecule has 0 bridgehead atoms. The highest BCUT2D eigenvalue weighted by molar-refractivity contribution is 6.76. The molecular formula is C55H63ClN10O13Si2. The number of imide groups is 2. The predicted octanol–water partition coefficient (Wildman–Crippen LogP) is 7.29. The summed E-state index contributed by atoms with van der Waals surface area (Å²) in [6.07, 6.45) is 2.94. The van der Waals surface area contributed by atoms with Crippen LogP contribution >= 0.6 is 11.6 Å². The number of nitrogens with one attached hydrogen (secondary N) is 3. The molecule has 5 aliphatic heterocycles. The van der Waals surface area contributed by atoms with Crippen LogP contribution in [0.25, 0.3) is 21.9 Å². The van der Waals surface area contributed by atoms with Crippen LogP contribution in [0.4, 0.5) is 20.2 Å². The Labute approximate surface area is 473 Å². The Morgan fingerprint density at radius 2 is 1.09 bits per heavy atom. The van der Waals surface area contributed by atoms with Gasteiger partial charge in [0.1, 0.15) is 47.5 Å². The average molecular weight is 1160 g/mol. The molecule has 5 aliphatic rings. The van der Waals surface area contributed by atoms with Crippen molar-refractivity contribution in [2.24, 2.45) is 0 Å². The Morgan fingerprint density at radius 3 is 1.53 bits per heavy atom. The summed E-state index contributed by atoms with van der Waals surface area (Å²) in [5.74, 6) is 0.156. The van der Waals surface area contributed by atoms with E-state index in [9.17, 15) is 33.6 Å². The number of ether oxygens (including phenoxy) is 4. The van der Waals surface area contributed by atoms with Gasteiger partial charge in [-0.15, -0.1) is 0 Å². The van der Waals surface area contributed by atoms with Crippen LogP contribution < -0.4 is 30.3 Å². The molecule has 3 N–H and O–H groups in total. The molecule has 9 heterocycles. The first-order chi connectivity index (χ1) is 38.5. The number of benzene rings is 2. The minimum Gasteiger partial charge on any atom is -0.497 e. The van der Waals surface area contributed by atoms with E-state index in [0.29, 0.717) is 76.7 Å². The third-order valence-electron chi connectivity index (χ3n) is 14.8. The molecule has 81 heavy (non-hydrogen) atoms. The van der Waals surface area contributed by atoms with E-state index in [1.807, 2.05) is 12.1 Å². The van der Waals surface area contributed by atoms with Crippen LogP contribution in [-0.4, -0.2) is 155 Å². The topological polar surface area (TPSA) is 261 Å². The smallest absolute Gasteiger partial charge is 0.327 e. The maximum atomic E-state index is 14.2. The number of nitrogens with zero attached hydrogens (tertiary/aromatic N) is 7. The van der Waals surface area contributed by atoms with Crippen molar-refractivity contribution in [1.29, 1.82) is 0 Å². The summed E-state index contributed by atoms with van der Waals surface area (Å²) in [4.78, 5) is 109. The summed E-state index contributed by atoms with van der Waals surface area (Å²) in [7, 11) is 0.313. The number of halogens is 1. The quantitative estimate of drug-likeness (QED) is 0.0311. The predicted molar refractivity (Wildman–Crippen MR) is 301 cm³/mol. The Bertz CT molecular complexity index is 3530. The zero-order chi connectivity index (χ0) is 57.8. The minimum absolute atomic E-state index is 0.139. The number of amides is 10. The van der Waals surface area contributed by atoms with Crippen LogP contribution in [-0.2, 0) is 43.2 Å². The fourth-order valence-electron chi connectivity index (χ4n) is 10.1. The van der Waals surface area contributed by atoms with Crippen LogP contribution in [0.1, 0.15) is 43.4 Å². The van der Waals surface area contributed by atoms with Gasteiger partial charge in [0.2, 0.25) is 0 Å². The summed E-state index contributed by atoms with van der Waals surface area (Å²) in [5, 5.41) is 9.86. The van der Waals surface area contributed by atoms with Crippen molar-refractivity contribution >= 4 is 97.2 Å². The van der Waals surface area contributed by atoms with Gasteiger partial charge in [0.25, 0.3) is 23.6 Å². The van der Waals surface area contributed by atoms with Crippen LogP contribution in [0, 0.1) is 0 Å². The van der Waals surface area contributed by atoms with Crippen molar-refractivity contribution in [2.45, 2.75) is 75.5 Å². The molecule has 0 radical (unpaired) electrons. The number of anilines is 1. The van der Waals surface area contributed by atoms with Crippen molar-refractivity contribution in [2.75, 3.05) is 72.0 Å². The number of hydrogen-bond acceptors (Lipinski definition) is 15. The fraction of sp³-hybridized carbons (Fsp3) is 0.400. The van der Waals surface area contributed by atoms with Gasteiger partial charge in [-0.2, -0.15) is 0 Å². The van der Waals surface area contributed by atoms with E-state index in [1.54, 1.807) is 48.5 Å². The molecule has 6 aromatic rings. The number of aromatic nitrogens is 2. The van der Waals surface area contributed by atoms with E-state index in [4.69, 9.17) is 39.4 Å². The molecular weight excluding hydrogens is 1100 g/mol. The number of carbonyl (C=O) groups excluding carboxylic acids is 7. The lowest BCUT2D eigenvalue weighted by Gasteiger charge is -2.29. The van der Waals surface area contributed by atoms with E-state index >= 15 is 0 Å². The second-order valence-electron chi connectivity index (χ2n) is 22.9. The van der Waals surface area contributed by atoms with Crippen molar-refractivity contribution < 1.29 is 61.3 Å². The number of urea groups is 3. The third kappa shape index (κ3) is 11.2. The maximum absolute atomic E-state index is 14.2. The molecule has 426 valence electrons. The number of pyridine rings is 2.